The first-order valence-corrected chi connectivity index (χ1v) is 10.6. The molecular weight excluding hydrogens is 469 g/mol. The molecule has 1 saturated heterocycles. The zero-order valence-electron chi connectivity index (χ0n) is 16.6. The predicted octanol–water partition coefficient (Wildman–Crippen LogP) is 4.65. The molecule has 3 rings (SSSR count). The van der Waals surface area contributed by atoms with Crippen LogP contribution in [0.25, 0.3) is 5.76 Å². The van der Waals surface area contributed by atoms with Gasteiger partial charge in [0.15, 0.2) is 0 Å². The smallest absolute Gasteiger partial charge is 0.303 e. The lowest BCUT2D eigenvalue weighted by atomic mass is 9.95. The SMILES string of the molecule is O=C(O)CCCCCN1C(=O)C(=O)C(=C(O)c2ccc(F)cc2)[C@H]1c1ccc(Br)cc1. The molecule has 1 fully saturated rings. The molecule has 1 atom stereocenters. The number of unbranched alkanes of at least 4 members (excludes halogenated alkanes) is 2. The maximum atomic E-state index is 13.3. The van der Waals surface area contributed by atoms with Gasteiger partial charge in [0.25, 0.3) is 11.7 Å². The largest absolute Gasteiger partial charge is 0.507 e. The molecule has 1 amide bonds. The summed E-state index contributed by atoms with van der Waals surface area (Å²) in [6, 6.07) is 11.3. The van der Waals surface area contributed by atoms with E-state index in [1.807, 2.05) is 0 Å². The Morgan fingerprint density at radius 2 is 1.61 bits per heavy atom. The number of rotatable bonds is 8. The van der Waals surface area contributed by atoms with Crippen LogP contribution in [0.4, 0.5) is 4.39 Å². The quantitative estimate of drug-likeness (QED) is 0.243. The van der Waals surface area contributed by atoms with Gasteiger partial charge in [-0.1, -0.05) is 34.5 Å². The summed E-state index contributed by atoms with van der Waals surface area (Å²) in [5, 5.41) is 19.6. The first kappa shape index (κ1) is 22.7. The summed E-state index contributed by atoms with van der Waals surface area (Å²) in [6.45, 7) is 0.241. The van der Waals surface area contributed by atoms with E-state index < -0.39 is 29.5 Å². The van der Waals surface area contributed by atoms with Crippen LogP contribution >= 0.6 is 15.9 Å². The lowest BCUT2D eigenvalue weighted by molar-refractivity contribution is -0.140. The number of halogens is 2. The van der Waals surface area contributed by atoms with Crippen molar-refractivity contribution in [2.24, 2.45) is 0 Å². The highest BCUT2D eigenvalue weighted by atomic mass is 79.9. The van der Waals surface area contributed by atoms with E-state index in [1.54, 1.807) is 24.3 Å². The van der Waals surface area contributed by atoms with E-state index in [9.17, 15) is 23.9 Å². The van der Waals surface area contributed by atoms with Crippen LogP contribution in [0.2, 0.25) is 0 Å². The monoisotopic (exact) mass is 489 g/mol. The number of aliphatic hydroxyl groups excluding tert-OH is 1. The molecule has 2 aromatic rings. The number of amides is 1. The Balaban J connectivity index is 1.96. The van der Waals surface area contributed by atoms with Crippen LogP contribution < -0.4 is 0 Å². The van der Waals surface area contributed by atoms with Gasteiger partial charge in [-0.15, -0.1) is 0 Å². The van der Waals surface area contributed by atoms with E-state index in [4.69, 9.17) is 5.11 Å². The molecule has 31 heavy (non-hydrogen) atoms. The van der Waals surface area contributed by atoms with Gasteiger partial charge in [-0.25, -0.2) is 4.39 Å². The van der Waals surface area contributed by atoms with E-state index >= 15 is 0 Å². The molecule has 0 radical (unpaired) electrons. The van der Waals surface area contributed by atoms with Crippen molar-refractivity contribution in [1.82, 2.24) is 4.90 Å². The molecule has 1 aliphatic rings. The van der Waals surface area contributed by atoms with Crippen LogP contribution in [0, 0.1) is 5.82 Å². The lowest BCUT2D eigenvalue weighted by Gasteiger charge is -2.25. The van der Waals surface area contributed by atoms with Crippen molar-refractivity contribution in [3.05, 3.63) is 75.5 Å². The zero-order chi connectivity index (χ0) is 22.5. The van der Waals surface area contributed by atoms with Gasteiger partial charge in [-0.05, 0) is 54.8 Å². The van der Waals surface area contributed by atoms with E-state index in [-0.39, 0.29) is 29.9 Å². The third-order valence-corrected chi connectivity index (χ3v) is 5.66. The second-order valence-corrected chi connectivity index (χ2v) is 8.17. The molecule has 8 heteroatoms. The Bertz CT molecular complexity index is 1020. The minimum Gasteiger partial charge on any atom is -0.507 e. The summed E-state index contributed by atoms with van der Waals surface area (Å²) < 4.78 is 14.1. The Kier molecular flexibility index (Phi) is 7.22. The molecule has 0 aliphatic carbocycles. The number of hydrogen-bond acceptors (Lipinski definition) is 4. The highest BCUT2D eigenvalue weighted by Gasteiger charge is 2.45. The van der Waals surface area contributed by atoms with Crippen LogP contribution in [0.5, 0.6) is 0 Å². The fourth-order valence-corrected chi connectivity index (χ4v) is 3.87. The van der Waals surface area contributed by atoms with E-state index in [0.717, 1.165) is 4.47 Å². The molecule has 1 heterocycles. The number of nitrogens with zero attached hydrogens (tertiary/aromatic N) is 1. The number of Topliss-reactive ketones (excluding diaryl/α,β-unsaturated/α-hetero) is 1. The highest BCUT2D eigenvalue weighted by molar-refractivity contribution is 9.10. The van der Waals surface area contributed by atoms with Crippen LogP contribution in [0.1, 0.15) is 42.9 Å². The van der Waals surface area contributed by atoms with Gasteiger partial charge in [0, 0.05) is 23.0 Å². The predicted molar refractivity (Wildman–Crippen MR) is 116 cm³/mol. The van der Waals surface area contributed by atoms with Crippen molar-refractivity contribution < 1.29 is 29.0 Å². The number of ketones is 1. The Hall–Kier alpha value is -3.00. The fourth-order valence-electron chi connectivity index (χ4n) is 3.60. The van der Waals surface area contributed by atoms with E-state index in [2.05, 4.69) is 15.9 Å². The number of carbonyl (C=O) groups is 3. The Morgan fingerprint density at radius 1 is 0.968 bits per heavy atom. The number of hydrogen-bond donors (Lipinski definition) is 2. The third-order valence-electron chi connectivity index (χ3n) is 5.13. The first-order chi connectivity index (χ1) is 14.8. The van der Waals surface area contributed by atoms with Gasteiger partial charge in [0.1, 0.15) is 11.6 Å². The summed E-state index contributed by atoms with van der Waals surface area (Å²) in [4.78, 5) is 37.7. The van der Waals surface area contributed by atoms with Crippen molar-refractivity contribution in [3.63, 3.8) is 0 Å². The highest BCUT2D eigenvalue weighted by Crippen LogP contribution is 2.39. The summed E-state index contributed by atoms with van der Waals surface area (Å²) in [7, 11) is 0. The average Bonchev–Trinajstić information content (AvgIpc) is 2.99. The second-order valence-electron chi connectivity index (χ2n) is 7.26. The van der Waals surface area contributed by atoms with Gasteiger partial charge < -0.3 is 15.1 Å². The molecule has 0 spiro atoms. The van der Waals surface area contributed by atoms with Crippen molar-refractivity contribution in [2.45, 2.75) is 31.7 Å². The van der Waals surface area contributed by atoms with Gasteiger partial charge in [0.05, 0.1) is 11.6 Å². The Labute approximate surface area is 187 Å². The zero-order valence-corrected chi connectivity index (χ0v) is 18.1. The van der Waals surface area contributed by atoms with E-state index in [1.165, 1.54) is 29.2 Å². The van der Waals surface area contributed by atoms with Crippen molar-refractivity contribution in [2.75, 3.05) is 6.54 Å². The Morgan fingerprint density at radius 3 is 2.23 bits per heavy atom. The molecule has 1 aliphatic heterocycles. The van der Waals surface area contributed by atoms with Crippen LogP contribution in [0.3, 0.4) is 0 Å². The minimum atomic E-state index is -0.880. The number of carboxylic acid groups (broad SMARTS) is 1. The van der Waals surface area contributed by atoms with Gasteiger partial charge in [-0.3, -0.25) is 14.4 Å². The molecule has 0 saturated carbocycles. The molecule has 2 N–H and O–H groups in total. The molecule has 2 aromatic carbocycles. The molecule has 0 unspecified atom stereocenters. The van der Waals surface area contributed by atoms with Gasteiger partial charge in [-0.2, -0.15) is 0 Å². The van der Waals surface area contributed by atoms with Crippen LogP contribution in [0.15, 0.2) is 58.6 Å². The molecule has 0 bridgehead atoms. The number of likely N-dealkylation sites (tertiary alicyclic amines) is 1. The standard InChI is InChI=1S/C23H21BrFNO5/c24-16-9-5-14(6-10-16)20-19(21(29)15-7-11-17(25)12-8-15)22(30)23(31)26(20)13-3-1-2-4-18(27)28/h5-12,20,29H,1-4,13H2,(H,27,28)/t20-/m1/s1. The van der Waals surface area contributed by atoms with Crippen molar-refractivity contribution >= 4 is 39.3 Å². The maximum Gasteiger partial charge on any atom is 0.303 e. The summed E-state index contributed by atoms with van der Waals surface area (Å²) in [5.41, 5.74) is 0.837. The number of aliphatic carboxylic acids is 1. The van der Waals surface area contributed by atoms with E-state index in [0.29, 0.717) is 24.8 Å². The second kappa shape index (κ2) is 9.87. The van der Waals surface area contributed by atoms with Gasteiger partial charge >= 0.3 is 5.97 Å². The lowest BCUT2D eigenvalue weighted by Crippen LogP contribution is -2.30. The first-order valence-electron chi connectivity index (χ1n) is 9.81. The van der Waals surface area contributed by atoms with Crippen LogP contribution in [-0.4, -0.2) is 39.3 Å². The summed E-state index contributed by atoms with van der Waals surface area (Å²) in [6.07, 6.45) is 1.61. The van der Waals surface area contributed by atoms with Crippen LogP contribution in [-0.2, 0) is 14.4 Å². The van der Waals surface area contributed by atoms with Crippen molar-refractivity contribution in [3.8, 4) is 0 Å². The number of carbonyl (C=O) groups excluding carboxylic acids is 2. The number of benzene rings is 2. The molecular formula is C23H21BrFNO5. The summed E-state index contributed by atoms with van der Waals surface area (Å²) in [5.74, 6) is -3.26. The number of aliphatic hydroxyl groups is 1. The topological polar surface area (TPSA) is 94.9 Å². The summed E-state index contributed by atoms with van der Waals surface area (Å²) >= 11 is 3.36. The average molecular weight is 490 g/mol. The van der Waals surface area contributed by atoms with Crippen molar-refractivity contribution in [1.29, 1.82) is 0 Å². The molecule has 6 nitrogen and oxygen atoms in total. The maximum absolute atomic E-state index is 13.3. The molecule has 0 aromatic heterocycles. The van der Waals surface area contributed by atoms with Gasteiger partial charge in [0.2, 0.25) is 0 Å². The molecule has 162 valence electrons. The minimum absolute atomic E-state index is 0.0412. The fraction of sp³-hybridized carbons (Fsp3) is 0.261. The number of carboxylic acids is 1. The third kappa shape index (κ3) is 5.19. The normalized spacial score (nSPS) is 17.9.